The van der Waals surface area contributed by atoms with E-state index < -0.39 is 25.6 Å². The fraction of sp³-hybridized carbons (Fsp3) is 0.435. The van der Waals surface area contributed by atoms with Crippen LogP contribution in [-0.4, -0.2) is 33.7 Å². The first-order chi connectivity index (χ1) is 14.8. The molecule has 1 N–H and O–H groups in total. The Morgan fingerprint density at radius 2 is 1.48 bits per heavy atom. The molecule has 1 fully saturated rings. The second-order valence-electron chi connectivity index (χ2n) is 8.38. The number of rotatable bonds is 7. The Kier molecular flexibility index (Phi) is 6.21. The third kappa shape index (κ3) is 4.85. The largest absolute Gasteiger partial charge is 0.326 e. The maximum atomic E-state index is 12.6. The van der Waals surface area contributed by atoms with E-state index in [1.807, 2.05) is 6.07 Å². The second-order valence-corrected chi connectivity index (χ2v) is 12.7. The second kappa shape index (κ2) is 8.74. The van der Waals surface area contributed by atoms with Crippen LogP contribution < -0.4 is 5.32 Å². The minimum atomic E-state index is -3.54. The molecule has 31 heavy (non-hydrogen) atoms. The van der Waals surface area contributed by atoms with Gasteiger partial charge in [-0.15, -0.1) is 0 Å². The van der Waals surface area contributed by atoms with E-state index in [4.69, 9.17) is 0 Å². The molecular formula is C23H27NO5S2. The zero-order valence-corrected chi connectivity index (χ0v) is 19.0. The summed E-state index contributed by atoms with van der Waals surface area (Å²) in [6, 6.07) is 11.3. The Labute approximate surface area is 183 Å². The van der Waals surface area contributed by atoms with E-state index in [2.05, 4.69) is 5.32 Å². The van der Waals surface area contributed by atoms with Crippen LogP contribution in [0.15, 0.2) is 52.3 Å². The summed E-state index contributed by atoms with van der Waals surface area (Å²) in [5.41, 5.74) is 2.73. The molecule has 6 nitrogen and oxygen atoms in total. The number of hydrogen-bond acceptors (Lipinski definition) is 5. The van der Waals surface area contributed by atoms with Crippen molar-refractivity contribution < 1.29 is 21.6 Å². The molecule has 166 valence electrons. The molecule has 1 saturated carbocycles. The normalized spacial score (nSPS) is 16.9. The lowest BCUT2D eigenvalue weighted by molar-refractivity contribution is -0.115. The molecule has 2 aromatic carbocycles. The molecule has 2 aromatic rings. The summed E-state index contributed by atoms with van der Waals surface area (Å²) in [6.45, 7) is 0. The van der Waals surface area contributed by atoms with Crippen LogP contribution in [0, 0.1) is 0 Å². The maximum absolute atomic E-state index is 12.6. The summed E-state index contributed by atoms with van der Waals surface area (Å²) in [4.78, 5) is 12.8. The zero-order chi connectivity index (χ0) is 22.1. The van der Waals surface area contributed by atoms with E-state index in [0.717, 1.165) is 37.7 Å². The zero-order valence-electron chi connectivity index (χ0n) is 17.3. The van der Waals surface area contributed by atoms with Crippen LogP contribution in [0.4, 0.5) is 5.69 Å². The molecular weight excluding hydrogens is 434 g/mol. The van der Waals surface area contributed by atoms with Gasteiger partial charge in [0, 0.05) is 12.1 Å². The standard InChI is InChI=1S/C23H27NO5S2/c25-23(14-15-30(26,27)22-11-8-17-4-3-5-18(17)16-22)24-19-9-12-21(13-10-19)31(28,29)20-6-1-2-7-20/h8-13,16,20H,1-7,14-15H2,(H,24,25). The number of benzene rings is 2. The average Bonchev–Trinajstić information content (AvgIpc) is 3.44. The highest BCUT2D eigenvalue weighted by molar-refractivity contribution is 7.92. The molecule has 4 rings (SSSR count). The summed E-state index contributed by atoms with van der Waals surface area (Å²) >= 11 is 0. The van der Waals surface area contributed by atoms with Crippen molar-refractivity contribution in [3.05, 3.63) is 53.6 Å². The summed E-state index contributed by atoms with van der Waals surface area (Å²) in [7, 11) is -6.89. The Bertz CT molecular complexity index is 1180. The van der Waals surface area contributed by atoms with Crippen LogP contribution in [0.5, 0.6) is 0 Å². The van der Waals surface area contributed by atoms with Gasteiger partial charge in [0.15, 0.2) is 19.7 Å². The minimum Gasteiger partial charge on any atom is -0.326 e. The van der Waals surface area contributed by atoms with Crippen LogP contribution in [-0.2, 0) is 37.3 Å². The highest BCUT2D eigenvalue weighted by Gasteiger charge is 2.30. The van der Waals surface area contributed by atoms with Gasteiger partial charge in [0.1, 0.15) is 0 Å². The monoisotopic (exact) mass is 461 g/mol. The van der Waals surface area contributed by atoms with Crippen molar-refractivity contribution in [1.29, 1.82) is 0 Å². The van der Waals surface area contributed by atoms with Gasteiger partial charge in [-0.05, 0) is 79.6 Å². The van der Waals surface area contributed by atoms with Gasteiger partial charge in [-0.25, -0.2) is 16.8 Å². The maximum Gasteiger partial charge on any atom is 0.225 e. The van der Waals surface area contributed by atoms with Crippen molar-refractivity contribution in [3.63, 3.8) is 0 Å². The number of hydrogen-bond donors (Lipinski definition) is 1. The molecule has 2 aliphatic rings. The van der Waals surface area contributed by atoms with Crippen LogP contribution >= 0.6 is 0 Å². The lowest BCUT2D eigenvalue weighted by atomic mass is 10.1. The van der Waals surface area contributed by atoms with Crippen molar-refractivity contribution in [1.82, 2.24) is 0 Å². The summed E-state index contributed by atoms with van der Waals surface area (Å²) in [5, 5.41) is 2.34. The molecule has 2 aliphatic carbocycles. The van der Waals surface area contributed by atoms with Gasteiger partial charge in [-0.1, -0.05) is 18.9 Å². The Hall–Kier alpha value is -2.19. The Morgan fingerprint density at radius 1 is 0.839 bits per heavy atom. The van der Waals surface area contributed by atoms with E-state index in [1.165, 1.54) is 17.7 Å². The van der Waals surface area contributed by atoms with Crippen molar-refractivity contribution in [2.45, 2.75) is 66.4 Å². The number of carbonyl (C=O) groups is 1. The number of nitrogens with one attached hydrogen (secondary N) is 1. The molecule has 0 atom stereocenters. The number of carbonyl (C=O) groups excluding carboxylic acids is 1. The molecule has 0 heterocycles. The van der Waals surface area contributed by atoms with E-state index in [1.54, 1.807) is 24.3 Å². The number of anilines is 1. The predicted molar refractivity (Wildman–Crippen MR) is 120 cm³/mol. The van der Waals surface area contributed by atoms with Gasteiger partial charge in [0.2, 0.25) is 5.91 Å². The van der Waals surface area contributed by atoms with Gasteiger partial charge >= 0.3 is 0 Å². The van der Waals surface area contributed by atoms with Gasteiger partial charge in [0.25, 0.3) is 0 Å². The average molecular weight is 462 g/mol. The molecule has 1 amide bonds. The van der Waals surface area contributed by atoms with Gasteiger partial charge in [0.05, 0.1) is 20.8 Å². The highest BCUT2D eigenvalue weighted by atomic mass is 32.2. The third-order valence-corrected chi connectivity index (χ3v) is 10.2. The van der Waals surface area contributed by atoms with Crippen molar-refractivity contribution in [3.8, 4) is 0 Å². The molecule has 0 bridgehead atoms. The molecule has 0 aliphatic heterocycles. The Balaban J connectivity index is 1.35. The first-order valence-electron chi connectivity index (χ1n) is 10.7. The van der Waals surface area contributed by atoms with Gasteiger partial charge in [-0.3, -0.25) is 4.79 Å². The summed E-state index contributed by atoms with van der Waals surface area (Å²) in [5.74, 6) is -0.692. The molecule has 0 spiro atoms. The van der Waals surface area contributed by atoms with Crippen LogP contribution in [0.3, 0.4) is 0 Å². The van der Waals surface area contributed by atoms with Crippen molar-refractivity contribution in [2.75, 3.05) is 11.1 Å². The van der Waals surface area contributed by atoms with Crippen LogP contribution in [0.25, 0.3) is 0 Å². The van der Waals surface area contributed by atoms with Crippen molar-refractivity contribution >= 4 is 31.3 Å². The molecule has 0 saturated heterocycles. The number of fused-ring (bicyclic) bond motifs is 1. The topological polar surface area (TPSA) is 97.4 Å². The third-order valence-electron chi connectivity index (χ3n) is 6.23. The lowest BCUT2D eigenvalue weighted by Crippen LogP contribution is -2.19. The number of sulfone groups is 2. The van der Waals surface area contributed by atoms with E-state index in [9.17, 15) is 21.6 Å². The van der Waals surface area contributed by atoms with Gasteiger partial charge < -0.3 is 5.32 Å². The van der Waals surface area contributed by atoms with E-state index >= 15 is 0 Å². The molecule has 8 heteroatoms. The Morgan fingerprint density at radius 3 is 2.19 bits per heavy atom. The predicted octanol–water partition coefficient (Wildman–Crippen LogP) is 3.69. The smallest absolute Gasteiger partial charge is 0.225 e. The fourth-order valence-corrected chi connectivity index (χ4v) is 7.57. The minimum absolute atomic E-state index is 0.165. The highest BCUT2D eigenvalue weighted by Crippen LogP contribution is 2.30. The molecule has 0 radical (unpaired) electrons. The first-order valence-corrected chi connectivity index (χ1v) is 13.9. The number of aryl methyl sites for hydroxylation is 2. The molecule has 0 unspecified atom stereocenters. The fourth-order valence-electron chi connectivity index (χ4n) is 4.43. The summed E-state index contributed by atoms with van der Waals surface area (Å²) in [6.07, 6.45) is 6.02. The molecule has 0 aromatic heterocycles. The van der Waals surface area contributed by atoms with Crippen LogP contribution in [0.1, 0.15) is 49.7 Å². The lowest BCUT2D eigenvalue weighted by Gasteiger charge is -2.12. The number of amides is 1. The quantitative estimate of drug-likeness (QED) is 0.678. The first kappa shape index (κ1) is 22.0. The van der Waals surface area contributed by atoms with E-state index in [-0.39, 0.29) is 27.2 Å². The van der Waals surface area contributed by atoms with Crippen LogP contribution in [0.2, 0.25) is 0 Å². The van der Waals surface area contributed by atoms with Crippen molar-refractivity contribution in [2.24, 2.45) is 0 Å². The van der Waals surface area contributed by atoms with Gasteiger partial charge in [-0.2, -0.15) is 0 Å². The SMILES string of the molecule is O=C(CCS(=O)(=O)c1ccc2c(c1)CCC2)Nc1ccc(S(=O)(=O)C2CCCC2)cc1. The summed E-state index contributed by atoms with van der Waals surface area (Å²) < 4.78 is 50.5. The van der Waals surface area contributed by atoms with E-state index in [0.29, 0.717) is 18.5 Å².